The standard InChI is InChI=1S/C13H18O3/c1-8(14)16-13-5-9-3-10(6-13)12(15-2)11(4-9)7-13/h9-10H,3-7H2,1-2H3. The Kier molecular flexibility index (Phi) is 2.07. The van der Waals surface area contributed by atoms with Crippen molar-refractivity contribution in [1.82, 2.24) is 0 Å². The lowest BCUT2D eigenvalue weighted by Gasteiger charge is -2.53. The fourth-order valence-corrected chi connectivity index (χ4v) is 4.15. The van der Waals surface area contributed by atoms with Crippen LogP contribution >= 0.6 is 0 Å². The summed E-state index contributed by atoms with van der Waals surface area (Å²) >= 11 is 0. The van der Waals surface area contributed by atoms with Gasteiger partial charge >= 0.3 is 5.97 Å². The van der Waals surface area contributed by atoms with Crippen molar-refractivity contribution in [1.29, 1.82) is 0 Å². The molecule has 0 N–H and O–H groups in total. The number of carbonyl (C=O) groups excluding carboxylic acids is 1. The lowest BCUT2D eigenvalue weighted by atomic mass is 9.58. The molecule has 3 atom stereocenters. The van der Waals surface area contributed by atoms with E-state index in [1.807, 2.05) is 0 Å². The average Bonchev–Trinajstić information content (AvgIpc) is 2.13. The topological polar surface area (TPSA) is 35.5 Å². The first-order chi connectivity index (χ1) is 7.62. The van der Waals surface area contributed by atoms with Gasteiger partial charge in [-0.3, -0.25) is 4.79 Å². The zero-order chi connectivity index (χ0) is 11.3. The molecule has 3 nitrogen and oxygen atoms in total. The zero-order valence-corrected chi connectivity index (χ0v) is 9.91. The first-order valence-corrected chi connectivity index (χ1v) is 6.07. The van der Waals surface area contributed by atoms with Crippen molar-refractivity contribution >= 4 is 5.97 Å². The maximum atomic E-state index is 11.2. The number of hydrogen-bond donors (Lipinski definition) is 0. The SMILES string of the molecule is COC1=C2CC3CC1CC(OC(C)=O)(C2)C3. The minimum atomic E-state index is -0.185. The Bertz CT molecular complexity index is 371. The van der Waals surface area contributed by atoms with Gasteiger partial charge in [0.15, 0.2) is 0 Å². The second-order valence-electron chi connectivity index (χ2n) is 5.54. The van der Waals surface area contributed by atoms with Crippen LogP contribution in [-0.2, 0) is 14.3 Å². The van der Waals surface area contributed by atoms with E-state index >= 15 is 0 Å². The summed E-state index contributed by atoms with van der Waals surface area (Å²) in [5, 5.41) is 0. The molecule has 0 heterocycles. The summed E-state index contributed by atoms with van der Waals surface area (Å²) in [6.07, 6.45) is 5.31. The highest BCUT2D eigenvalue weighted by Crippen LogP contribution is 2.57. The first-order valence-electron chi connectivity index (χ1n) is 6.07. The molecular weight excluding hydrogens is 204 g/mol. The molecule has 0 aromatic rings. The van der Waals surface area contributed by atoms with E-state index in [4.69, 9.17) is 9.47 Å². The molecule has 0 aromatic carbocycles. The molecule has 88 valence electrons. The van der Waals surface area contributed by atoms with Gasteiger partial charge in [0.1, 0.15) is 5.60 Å². The molecule has 4 bridgehead atoms. The molecule has 0 saturated heterocycles. The van der Waals surface area contributed by atoms with Crippen molar-refractivity contribution in [3.63, 3.8) is 0 Å². The molecule has 2 saturated carbocycles. The highest BCUT2D eigenvalue weighted by Gasteiger charge is 2.53. The fourth-order valence-electron chi connectivity index (χ4n) is 4.15. The van der Waals surface area contributed by atoms with E-state index in [1.54, 1.807) is 7.11 Å². The largest absolute Gasteiger partial charge is 0.501 e. The summed E-state index contributed by atoms with van der Waals surface area (Å²) in [6, 6.07) is 0. The van der Waals surface area contributed by atoms with Crippen LogP contribution in [0.25, 0.3) is 0 Å². The van der Waals surface area contributed by atoms with E-state index in [0.717, 1.165) is 25.7 Å². The lowest BCUT2D eigenvalue weighted by Crippen LogP contribution is -2.50. The third-order valence-electron chi connectivity index (χ3n) is 4.27. The average molecular weight is 222 g/mol. The maximum Gasteiger partial charge on any atom is 0.303 e. The Hall–Kier alpha value is -0.990. The van der Waals surface area contributed by atoms with Gasteiger partial charge in [0.05, 0.1) is 12.9 Å². The molecule has 4 aliphatic carbocycles. The lowest BCUT2D eigenvalue weighted by molar-refractivity contribution is -0.169. The quantitative estimate of drug-likeness (QED) is 0.673. The van der Waals surface area contributed by atoms with Crippen LogP contribution in [0.5, 0.6) is 0 Å². The normalized spacial score (nSPS) is 40.1. The predicted molar refractivity (Wildman–Crippen MR) is 58.6 cm³/mol. The summed E-state index contributed by atoms with van der Waals surface area (Å²) < 4.78 is 11.1. The smallest absolute Gasteiger partial charge is 0.303 e. The van der Waals surface area contributed by atoms with Crippen LogP contribution in [0.2, 0.25) is 0 Å². The molecule has 2 fully saturated rings. The molecule has 0 aliphatic heterocycles. The van der Waals surface area contributed by atoms with Crippen molar-refractivity contribution in [2.45, 2.75) is 44.6 Å². The van der Waals surface area contributed by atoms with Crippen LogP contribution in [-0.4, -0.2) is 18.7 Å². The number of rotatable bonds is 2. The summed E-state index contributed by atoms with van der Waals surface area (Å²) in [6.45, 7) is 1.52. The Morgan fingerprint density at radius 2 is 2.25 bits per heavy atom. The van der Waals surface area contributed by atoms with Gasteiger partial charge in [-0.05, 0) is 37.2 Å². The second-order valence-corrected chi connectivity index (χ2v) is 5.54. The van der Waals surface area contributed by atoms with Gasteiger partial charge in [0.25, 0.3) is 0 Å². The molecule has 0 amide bonds. The molecule has 3 unspecified atom stereocenters. The number of allylic oxidation sites excluding steroid dienone is 1. The second kappa shape index (κ2) is 3.25. The molecule has 4 aliphatic rings. The number of methoxy groups -OCH3 is 1. The van der Waals surface area contributed by atoms with Gasteiger partial charge < -0.3 is 9.47 Å². The highest BCUT2D eigenvalue weighted by molar-refractivity contribution is 5.66. The third kappa shape index (κ3) is 1.37. The summed E-state index contributed by atoms with van der Waals surface area (Å²) in [7, 11) is 1.77. The van der Waals surface area contributed by atoms with Gasteiger partial charge in [-0.15, -0.1) is 0 Å². The Labute approximate surface area is 95.8 Å². The molecular formula is C13H18O3. The van der Waals surface area contributed by atoms with Crippen LogP contribution in [0.3, 0.4) is 0 Å². The molecule has 0 spiro atoms. The molecule has 4 rings (SSSR count). The summed E-state index contributed by atoms with van der Waals surface area (Å²) in [5.74, 6) is 2.27. The van der Waals surface area contributed by atoms with E-state index in [2.05, 4.69) is 0 Å². The number of esters is 1. The predicted octanol–water partition coefficient (Wildman–Crippen LogP) is 2.41. The number of ether oxygens (including phenoxy) is 2. The van der Waals surface area contributed by atoms with Crippen molar-refractivity contribution in [2.24, 2.45) is 11.8 Å². The number of hydrogen-bond acceptors (Lipinski definition) is 3. The van der Waals surface area contributed by atoms with Gasteiger partial charge in [-0.1, -0.05) is 0 Å². The van der Waals surface area contributed by atoms with E-state index < -0.39 is 0 Å². The summed E-state index contributed by atoms with van der Waals surface area (Å²) in [4.78, 5) is 11.2. The van der Waals surface area contributed by atoms with E-state index in [9.17, 15) is 4.79 Å². The van der Waals surface area contributed by atoms with Gasteiger partial charge in [0, 0.05) is 19.3 Å². The monoisotopic (exact) mass is 222 g/mol. The Balaban J connectivity index is 1.93. The van der Waals surface area contributed by atoms with Crippen molar-refractivity contribution in [2.75, 3.05) is 7.11 Å². The van der Waals surface area contributed by atoms with Crippen LogP contribution in [0.4, 0.5) is 0 Å². The molecule has 16 heavy (non-hydrogen) atoms. The van der Waals surface area contributed by atoms with Crippen LogP contribution < -0.4 is 0 Å². The number of carbonyl (C=O) groups is 1. The van der Waals surface area contributed by atoms with E-state index in [0.29, 0.717) is 11.8 Å². The molecule has 3 heteroatoms. The molecule has 0 radical (unpaired) electrons. The first kappa shape index (κ1) is 10.2. The van der Waals surface area contributed by atoms with Crippen molar-refractivity contribution < 1.29 is 14.3 Å². The Morgan fingerprint density at radius 1 is 1.44 bits per heavy atom. The molecule has 0 aromatic heterocycles. The minimum absolute atomic E-state index is 0.137. The van der Waals surface area contributed by atoms with Crippen LogP contribution in [0.15, 0.2) is 11.3 Å². The third-order valence-corrected chi connectivity index (χ3v) is 4.27. The van der Waals surface area contributed by atoms with Crippen molar-refractivity contribution in [3.05, 3.63) is 11.3 Å². The van der Waals surface area contributed by atoms with Crippen LogP contribution in [0, 0.1) is 11.8 Å². The minimum Gasteiger partial charge on any atom is -0.501 e. The maximum absolute atomic E-state index is 11.2. The Morgan fingerprint density at radius 3 is 2.88 bits per heavy atom. The van der Waals surface area contributed by atoms with E-state index in [-0.39, 0.29) is 11.6 Å². The summed E-state index contributed by atoms with van der Waals surface area (Å²) in [5.41, 5.74) is 1.22. The van der Waals surface area contributed by atoms with Gasteiger partial charge in [-0.2, -0.15) is 0 Å². The van der Waals surface area contributed by atoms with Crippen LogP contribution in [0.1, 0.15) is 39.0 Å². The fraction of sp³-hybridized carbons (Fsp3) is 0.769. The van der Waals surface area contributed by atoms with Gasteiger partial charge in [-0.25, -0.2) is 0 Å². The van der Waals surface area contributed by atoms with Gasteiger partial charge in [0.2, 0.25) is 0 Å². The van der Waals surface area contributed by atoms with Crippen molar-refractivity contribution in [3.8, 4) is 0 Å². The van der Waals surface area contributed by atoms with E-state index in [1.165, 1.54) is 24.7 Å². The highest BCUT2D eigenvalue weighted by atomic mass is 16.6. The zero-order valence-electron chi connectivity index (χ0n) is 9.91.